The molecule has 2 unspecified atom stereocenters. The van der Waals surface area contributed by atoms with Crippen molar-refractivity contribution in [3.63, 3.8) is 0 Å². The second-order valence-corrected chi connectivity index (χ2v) is 7.89. The third-order valence-corrected chi connectivity index (χ3v) is 5.35. The second kappa shape index (κ2) is 14.1. The summed E-state index contributed by atoms with van der Waals surface area (Å²) in [6.07, 6.45) is 10.8. The van der Waals surface area contributed by atoms with Gasteiger partial charge in [0.2, 0.25) is 0 Å². The first kappa shape index (κ1) is 24.2. The molecule has 30 heavy (non-hydrogen) atoms. The minimum atomic E-state index is -1.49. The Kier molecular flexibility index (Phi) is 11.3. The SMILES string of the molecule is CCCCCCCCCc1ccc(-c2ncc(OCCC(F)C(F)CC)cn2)cc1. The van der Waals surface area contributed by atoms with Gasteiger partial charge in [0, 0.05) is 12.0 Å². The molecular formula is C25H36F2N2O. The Morgan fingerprint density at radius 1 is 0.833 bits per heavy atom. The van der Waals surface area contributed by atoms with Crippen LogP contribution in [-0.2, 0) is 6.42 Å². The number of hydrogen-bond acceptors (Lipinski definition) is 3. The van der Waals surface area contributed by atoms with E-state index in [2.05, 4.69) is 29.0 Å². The molecule has 0 N–H and O–H groups in total. The molecule has 2 atom stereocenters. The molecule has 0 radical (unpaired) electrons. The average Bonchev–Trinajstić information content (AvgIpc) is 2.78. The lowest BCUT2D eigenvalue weighted by atomic mass is 10.0. The van der Waals surface area contributed by atoms with Crippen LogP contribution in [-0.4, -0.2) is 28.9 Å². The highest BCUT2D eigenvalue weighted by atomic mass is 19.2. The summed E-state index contributed by atoms with van der Waals surface area (Å²) in [5.41, 5.74) is 2.29. The highest BCUT2D eigenvalue weighted by Gasteiger charge is 2.18. The first-order valence-corrected chi connectivity index (χ1v) is 11.5. The minimum Gasteiger partial charge on any atom is -0.490 e. The van der Waals surface area contributed by atoms with Crippen molar-refractivity contribution in [3.05, 3.63) is 42.2 Å². The quantitative estimate of drug-likeness (QED) is 0.285. The van der Waals surface area contributed by atoms with Crippen LogP contribution in [0, 0.1) is 0 Å². The van der Waals surface area contributed by atoms with Gasteiger partial charge in [0.15, 0.2) is 11.6 Å². The summed E-state index contributed by atoms with van der Waals surface area (Å²) in [6.45, 7) is 3.99. The molecule has 1 heterocycles. The molecule has 5 heteroatoms. The molecule has 0 bridgehead atoms. The van der Waals surface area contributed by atoms with E-state index in [1.54, 1.807) is 19.3 Å². The van der Waals surface area contributed by atoms with Crippen molar-refractivity contribution in [3.8, 4) is 17.1 Å². The van der Waals surface area contributed by atoms with Gasteiger partial charge in [-0.3, -0.25) is 0 Å². The van der Waals surface area contributed by atoms with Gasteiger partial charge in [-0.05, 0) is 24.8 Å². The van der Waals surface area contributed by atoms with E-state index in [4.69, 9.17) is 4.74 Å². The van der Waals surface area contributed by atoms with E-state index in [9.17, 15) is 8.78 Å². The highest BCUT2D eigenvalue weighted by Crippen LogP contribution is 2.19. The number of halogens is 2. The molecule has 0 aliphatic heterocycles. The summed E-state index contributed by atoms with van der Waals surface area (Å²) in [5.74, 6) is 1.09. The fraction of sp³-hybridized carbons (Fsp3) is 0.600. The fourth-order valence-electron chi connectivity index (χ4n) is 3.37. The summed E-state index contributed by atoms with van der Waals surface area (Å²) in [4.78, 5) is 8.67. The van der Waals surface area contributed by atoms with Crippen LogP contribution in [0.3, 0.4) is 0 Å². The number of nitrogens with zero attached hydrogens (tertiary/aromatic N) is 2. The average molecular weight is 419 g/mol. The third-order valence-electron chi connectivity index (χ3n) is 5.35. The third kappa shape index (κ3) is 8.76. The van der Waals surface area contributed by atoms with Crippen LogP contribution in [0.15, 0.2) is 36.7 Å². The van der Waals surface area contributed by atoms with Crippen molar-refractivity contribution < 1.29 is 13.5 Å². The molecule has 0 fully saturated rings. The molecule has 2 aromatic rings. The van der Waals surface area contributed by atoms with Gasteiger partial charge in [0.05, 0.1) is 19.0 Å². The molecule has 1 aromatic carbocycles. The number of rotatable bonds is 15. The maximum absolute atomic E-state index is 13.5. The normalized spacial score (nSPS) is 13.2. The van der Waals surface area contributed by atoms with Crippen LogP contribution >= 0.6 is 0 Å². The van der Waals surface area contributed by atoms with Gasteiger partial charge in [-0.15, -0.1) is 0 Å². The van der Waals surface area contributed by atoms with Gasteiger partial charge in [-0.25, -0.2) is 18.7 Å². The van der Waals surface area contributed by atoms with Crippen LogP contribution in [0.25, 0.3) is 11.4 Å². The second-order valence-electron chi connectivity index (χ2n) is 7.89. The molecule has 0 aliphatic rings. The van der Waals surface area contributed by atoms with Crippen molar-refractivity contribution >= 4 is 0 Å². The van der Waals surface area contributed by atoms with E-state index in [0.717, 1.165) is 12.0 Å². The molecule has 0 amide bonds. The standard InChI is InChI=1S/C25H36F2N2O/c1-3-5-6-7-8-9-10-11-20-12-14-21(15-13-20)25-28-18-22(19-29-25)30-17-16-24(27)23(26)4-2/h12-15,18-19,23-24H,3-11,16-17H2,1-2H3. The lowest BCUT2D eigenvalue weighted by Crippen LogP contribution is -2.19. The van der Waals surface area contributed by atoms with E-state index < -0.39 is 12.3 Å². The monoisotopic (exact) mass is 418 g/mol. The largest absolute Gasteiger partial charge is 0.490 e. The molecule has 1 aromatic heterocycles. The molecule has 3 nitrogen and oxygen atoms in total. The van der Waals surface area contributed by atoms with E-state index in [1.165, 1.54) is 50.5 Å². The zero-order valence-corrected chi connectivity index (χ0v) is 18.5. The van der Waals surface area contributed by atoms with Crippen LogP contribution < -0.4 is 4.74 Å². The molecule has 0 saturated carbocycles. The van der Waals surface area contributed by atoms with Crippen molar-refractivity contribution in [2.24, 2.45) is 0 Å². The smallest absolute Gasteiger partial charge is 0.159 e. The van der Waals surface area contributed by atoms with Gasteiger partial charge < -0.3 is 4.74 Å². The maximum Gasteiger partial charge on any atom is 0.159 e. The fourth-order valence-corrected chi connectivity index (χ4v) is 3.37. The molecule has 166 valence electrons. The van der Waals surface area contributed by atoms with E-state index in [-0.39, 0.29) is 19.4 Å². The molecule has 2 rings (SSSR count). The maximum atomic E-state index is 13.5. The molecule has 0 spiro atoms. The number of hydrogen-bond donors (Lipinski definition) is 0. The number of alkyl halides is 2. The highest BCUT2D eigenvalue weighted by molar-refractivity contribution is 5.55. The topological polar surface area (TPSA) is 35.0 Å². The minimum absolute atomic E-state index is 0.0248. The lowest BCUT2D eigenvalue weighted by Gasteiger charge is -2.12. The van der Waals surface area contributed by atoms with Gasteiger partial charge in [-0.1, -0.05) is 76.6 Å². The number of unbranched alkanes of at least 4 members (excludes halogenated alkanes) is 6. The van der Waals surface area contributed by atoms with Crippen molar-refractivity contribution in [1.29, 1.82) is 0 Å². The van der Waals surface area contributed by atoms with Crippen LogP contribution in [0.4, 0.5) is 8.78 Å². The summed E-state index contributed by atoms with van der Waals surface area (Å²) in [5, 5.41) is 0. The van der Waals surface area contributed by atoms with Crippen molar-refractivity contribution in [1.82, 2.24) is 9.97 Å². The van der Waals surface area contributed by atoms with E-state index in [0.29, 0.717) is 11.6 Å². The Morgan fingerprint density at radius 3 is 2.10 bits per heavy atom. The zero-order chi connectivity index (χ0) is 21.6. The first-order chi connectivity index (χ1) is 14.6. The summed E-state index contributed by atoms with van der Waals surface area (Å²) >= 11 is 0. The molecule has 0 saturated heterocycles. The van der Waals surface area contributed by atoms with Gasteiger partial charge in [0.25, 0.3) is 0 Å². The predicted octanol–water partition coefficient (Wildman–Crippen LogP) is 7.29. The Balaban J connectivity index is 1.73. The van der Waals surface area contributed by atoms with Crippen LogP contribution in [0.2, 0.25) is 0 Å². The van der Waals surface area contributed by atoms with Crippen molar-refractivity contribution in [2.75, 3.05) is 6.61 Å². The van der Waals surface area contributed by atoms with E-state index in [1.807, 2.05) is 12.1 Å². The molecule has 0 aliphatic carbocycles. The van der Waals surface area contributed by atoms with Crippen molar-refractivity contribution in [2.45, 2.75) is 90.4 Å². The number of ether oxygens (including phenoxy) is 1. The Bertz CT molecular complexity index is 691. The Morgan fingerprint density at radius 2 is 1.47 bits per heavy atom. The lowest BCUT2D eigenvalue weighted by molar-refractivity contribution is 0.133. The Labute approximate surface area is 180 Å². The number of benzene rings is 1. The zero-order valence-electron chi connectivity index (χ0n) is 18.5. The summed E-state index contributed by atoms with van der Waals surface area (Å²) in [7, 11) is 0. The van der Waals surface area contributed by atoms with Gasteiger partial charge >= 0.3 is 0 Å². The number of aryl methyl sites for hydroxylation is 1. The molecular weight excluding hydrogens is 382 g/mol. The first-order valence-electron chi connectivity index (χ1n) is 11.5. The number of aromatic nitrogens is 2. The Hall–Kier alpha value is -2.04. The predicted molar refractivity (Wildman–Crippen MR) is 119 cm³/mol. The van der Waals surface area contributed by atoms with E-state index >= 15 is 0 Å². The summed E-state index contributed by atoms with van der Waals surface area (Å²) in [6, 6.07) is 8.38. The van der Waals surface area contributed by atoms with Crippen LogP contribution in [0.5, 0.6) is 5.75 Å². The van der Waals surface area contributed by atoms with Crippen LogP contribution in [0.1, 0.15) is 77.2 Å². The van der Waals surface area contributed by atoms with Gasteiger partial charge in [0.1, 0.15) is 12.3 Å². The summed E-state index contributed by atoms with van der Waals surface area (Å²) < 4.78 is 32.1. The van der Waals surface area contributed by atoms with Gasteiger partial charge in [-0.2, -0.15) is 0 Å².